The van der Waals surface area contributed by atoms with Gasteiger partial charge in [0.15, 0.2) is 0 Å². The van der Waals surface area contributed by atoms with E-state index in [2.05, 4.69) is 4.98 Å². The van der Waals surface area contributed by atoms with Gasteiger partial charge < -0.3 is 9.84 Å². The quantitative estimate of drug-likeness (QED) is 0.737. The molecule has 0 atom stereocenters. The number of unbranched alkanes of at least 4 members (excludes halogenated alkanes) is 1. The van der Waals surface area contributed by atoms with Gasteiger partial charge in [-0.25, -0.2) is 9.78 Å². The van der Waals surface area contributed by atoms with E-state index in [1.165, 1.54) is 12.3 Å². The second-order valence-electron chi connectivity index (χ2n) is 2.79. The van der Waals surface area contributed by atoms with Crippen molar-refractivity contribution in [2.75, 3.05) is 6.61 Å². The third-order valence-corrected chi connectivity index (χ3v) is 1.66. The van der Waals surface area contributed by atoms with Crippen molar-refractivity contribution in [3.05, 3.63) is 24.0 Å². The maximum atomic E-state index is 10.5. The zero-order valence-corrected chi connectivity index (χ0v) is 8.01. The van der Waals surface area contributed by atoms with Crippen LogP contribution in [0.2, 0.25) is 0 Å². The second-order valence-corrected chi connectivity index (χ2v) is 2.79. The van der Waals surface area contributed by atoms with E-state index in [0.717, 1.165) is 0 Å². The molecular weight excluding hydrogens is 196 g/mol. The molecule has 78 valence electrons. The van der Waals surface area contributed by atoms with Crippen molar-refractivity contribution >= 4 is 5.97 Å². The molecular formula is C10H10N2O3. The number of nitrogens with zero attached hydrogens (tertiary/aromatic N) is 2. The molecule has 5 nitrogen and oxygen atoms in total. The molecule has 0 fully saturated rings. The van der Waals surface area contributed by atoms with E-state index < -0.39 is 5.97 Å². The van der Waals surface area contributed by atoms with Gasteiger partial charge in [-0.3, -0.25) is 0 Å². The minimum absolute atomic E-state index is 0.0145. The van der Waals surface area contributed by atoms with Crippen LogP contribution in [0.15, 0.2) is 18.3 Å². The Hall–Kier alpha value is -2.09. The predicted molar refractivity (Wildman–Crippen MR) is 51.5 cm³/mol. The molecule has 1 aromatic heterocycles. The molecule has 1 rings (SSSR count). The lowest BCUT2D eigenvalue weighted by atomic mass is 10.3. The van der Waals surface area contributed by atoms with E-state index >= 15 is 0 Å². The first-order valence-electron chi connectivity index (χ1n) is 4.43. The van der Waals surface area contributed by atoms with Gasteiger partial charge in [0.2, 0.25) is 0 Å². The van der Waals surface area contributed by atoms with Crippen LogP contribution in [-0.2, 0) is 0 Å². The highest BCUT2D eigenvalue weighted by molar-refractivity contribution is 5.85. The number of rotatable bonds is 5. The van der Waals surface area contributed by atoms with Gasteiger partial charge in [-0.2, -0.15) is 5.26 Å². The topological polar surface area (TPSA) is 83.2 Å². The summed E-state index contributed by atoms with van der Waals surface area (Å²) in [5.41, 5.74) is -0.0145. The van der Waals surface area contributed by atoms with E-state index in [0.29, 0.717) is 25.2 Å². The molecule has 0 radical (unpaired) electrons. The van der Waals surface area contributed by atoms with Crippen LogP contribution in [0.25, 0.3) is 0 Å². The van der Waals surface area contributed by atoms with Crippen LogP contribution in [0.1, 0.15) is 23.3 Å². The van der Waals surface area contributed by atoms with Crippen molar-refractivity contribution in [1.29, 1.82) is 5.26 Å². The summed E-state index contributed by atoms with van der Waals surface area (Å²) in [6.45, 7) is 0.432. The Morgan fingerprint density at radius 3 is 2.93 bits per heavy atom. The minimum Gasteiger partial charge on any atom is -0.492 e. The molecule has 0 spiro atoms. The Morgan fingerprint density at radius 2 is 2.40 bits per heavy atom. The Bertz CT molecular complexity index is 367. The summed E-state index contributed by atoms with van der Waals surface area (Å²) in [5, 5.41) is 16.9. The number of hydrogen-bond acceptors (Lipinski definition) is 4. The molecule has 0 aliphatic rings. The van der Waals surface area contributed by atoms with Gasteiger partial charge in [0.25, 0.3) is 0 Å². The average molecular weight is 206 g/mol. The molecule has 0 aromatic carbocycles. The molecule has 0 unspecified atom stereocenters. The first-order chi connectivity index (χ1) is 7.24. The number of carboxylic acids is 1. The monoisotopic (exact) mass is 206 g/mol. The summed E-state index contributed by atoms with van der Waals surface area (Å²) in [6, 6.07) is 4.93. The van der Waals surface area contributed by atoms with E-state index in [-0.39, 0.29) is 5.69 Å². The highest BCUT2D eigenvalue weighted by atomic mass is 16.5. The van der Waals surface area contributed by atoms with Crippen molar-refractivity contribution in [2.24, 2.45) is 0 Å². The van der Waals surface area contributed by atoms with Gasteiger partial charge in [-0.15, -0.1) is 0 Å². The van der Waals surface area contributed by atoms with Crippen LogP contribution in [-0.4, -0.2) is 22.7 Å². The summed E-state index contributed by atoms with van der Waals surface area (Å²) in [7, 11) is 0. The normalized spacial score (nSPS) is 9.27. The number of ether oxygens (including phenoxy) is 1. The van der Waals surface area contributed by atoms with Crippen LogP contribution in [0.3, 0.4) is 0 Å². The fraction of sp³-hybridized carbons (Fsp3) is 0.300. The molecule has 0 saturated heterocycles. The molecule has 0 amide bonds. The highest BCUT2D eigenvalue weighted by Crippen LogP contribution is 2.09. The van der Waals surface area contributed by atoms with Crippen molar-refractivity contribution in [1.82, 2.24) is 4.98 Å². The zero-order valence-electron chi connectivity index (χ0n) is 8.01. The van der Waals surface area contributed by atoms with Gasteiger partial charge in [-0.05, 0) is 18.6 Å². The van der Waals surface area contributed by atoms with E-state index in [1.807, 2.05) is 6.07 Å². The largest absolute Gasteiger partial charge is 0.492 e. The fourth-order valence-corrected chi connectivity index (χ4v) is 0.933. The van der Waals surface area contributed by atoms with Crippen LogP contribution >= 0.6 is 0 Å². The average Bonchev–Trinajstić information content (AvgIpc) is 2.25. The lowest BCUT2D eigenvalue weighted by molar-refractivity contribution is 0.0690. The van der Waals surface area contributed by atoms with Crippen LogP contribution in [0, 0.1) is 11.3 Å². The lowest BCUT2D eigenvalue weighted by Crippen LogP contribution is -2.01. The summed E-state index contributed by atoms with van der Waals surface area (Å²) >= 11 is 0. The molecule has 5 heteroatoms. The van der Waals surface area contributed by atoms with Crippen LogP contribution in [0.4, 0.5) is 0 Å². The van der Waals surface area contributed by atoms with Crippen molar-refractivity contribution in [3.8, 4) is 11.8 Å². The van der Waals surface area contributed by atoms with Gasteiger partial charge in [-0.1, -0.05) is 0 Å². The van der Waals surface area contributed by atoms with Gasteiger partial charge in [0.1, 0.15) is 11.4 Å². The maximum Gasteiger partial charge on any atom is 0.354 e. The molecule has 1 aromatic rings. The third-order valence-electron chi connectivity index (χ3n) is 1.66. The van der Waals surface area contributed by atoms with Crippen molar-refractivity contribution < 1.29 is 14.6 Å². The second kappa shape index (κ2) is 5.60. The van der Waals surface area contributed by atoms with Gasteiger partial charge >= 0.3 is 5.97 Å². The zero-order chi connectivity index (χ0) is 11.1. The Morgan fingerprint density at radius 1 is 1.60 bits per heavy atom. The molecule has 0 aliphatic carbocycles. The number of aromatic nitrogens is 1. The molecule has 15 heavy (non-hydrogen) atoms. The minimum atomic E-state index is -1.06. The smallest absolute Gasteiger partial charge is 0.354 e. The third kappa shape index (κ3) is 3.65. The first kappa shape index (κ1) is 11.0. The van der Waals surface area contributed by atoms with Gasteiger partial charge in [0, 0.05) is 6.42 Å². The summed E-state index contributed by atoms with van der Waals surface area (Å²) in [5.74, 6) is -0.552. The molecule has 1 heterocycles. The van der Waals surface area contributed by atoms with Gasteiger partial charge in [0.05, 0.1) is 18.9 Å². The fourth-order valence-electron chi connectivity index (χ4n) is 0.933. The number of nitriles is 1. The number of hydrogen-bond donors (Lipinski definition) is 1. The van der Waals surface area contributed by atoms with E-state index in [4.69, 9.17) is 15.1 Å². The Kier molecular flexibility index (Phi) is 4.10. The number of pyridine rings is 1. The lowest BCUT2D eigenvalue weighted by Gasteiger charge is -2.03. The molecule has 1 N–H and O–H groups in total. The Balaban J connectivity index is 2.43. The summed E-state index contributed by atoms with van der Waals surface area (Å²) in [4.78, 5) is 14.2. The molecule has 0 bridgehead atoms. The van der Waals surface area contributed by atoms with Crippen molar-refractivity contribution in [3.63, 3.8) is 0 Å². The SMILES string of the molecule is N#CCCCOc1ccc(C(=O)O)nc1. The standard InChI is InChI=1S/C10H10N2O3/c11-5-1-2-6-15-8-3-4-9(10(13)14)12-7-8/h3-4,7H,1-2,6H2,(H,13,14). The van der Waals surface area contributed by atoms with Crippen LogP contribution < -0.4 is 4.74 Å². The van der Waals surface area contributed by atoms with Crippen molar-refractivity contribution in [2.45, 2.75) is 12.8 Å². The number of aromatic carboxylic acids is 1. The number of carbonyl (C=O) groups is 1. The molecule has 0 saturated carbocycles. The predicted octanol–water partition coefficient (Wildman–Crippen LogP) is 1.46. The summed E-state index contributed by atoms with van der Waals surface area (Å²) < 4.78 is 5.24. The molecule has 0 aliphatic heterocycles. The number of carboxylic acid groups (broad SMARTS) is 1. The highest BCUT2D eigenvalue weighted by Gasteiger charge is 2.03. The van der Waals surface area contributed by atoms with E-state index in [9.17, 15) is 4.79 Å². The Labute approximate surface area is 86.9 Å². The van der Waals surface area contributed by atoms with Crippen LogP contribution in [0.5, 0.6) is 5.75 Å². The van der Waals surface area contributed by atoms with E-state index in [1.54, 1.807) is 6.07 Å². The first-order valence-corrected chi connectivity index (χ1v) is 4.43. The summed E-state index contributed by atoms with van der Waals surface area (Å²) in [6.07, 6.45) is 2.45. The maximum absolute atomic E-state index is 10.5.